The van der Waals surface area contributed by atoms with E-state index in [9.17, 15) is 0 Å². The van der Waals surface area contributed by atoms with Gasteiger partial charge in [-0.1, -0.05) is 57.1 Å². The number of ether oxygens (including phenoxy) is 3. The lowest BCUT2D eigenvalue weighted by molar-refractivity contribution is -0.0449. The molecule has 0 radical (unpaired) electrons. The van der Waals surface area contributed by atoms with Crippen molar-refractivity contribution in [2.45, 2.75) is 89.8 Å². The molecule has 0 aliphatic carbocycles. The van der Waals surface area contributed by atoms with Crippen molar-refractivity contribution in [3.8, 4) is 11.5 Å². The first kappa shape index (κ1) is 22.4. The number of nitrogens with zero attached hydrogens (tertiary/aromatic N) is 1. The average molecular weight is 404 g/mol. The van der Waals surface area contributed by atoms with Gasteiger partial charge in [0.15, 0.2) is 17.6 Å². The van der Waals surface area contributed by atoms with Crippen molar-refractivity contribution in [3.05, 3.63) is 24.3 Å². The van der Waals surface area contributed by atoms with Crippen LogP contribution in [0.15, 0.2) is 24.3 Å². The summed E-state index contributed by atoms with van der Waals surface area (Å²) in [5, 5.41) is 0. The van der Waals surface area contributed by atoms with E-state index in [0.29, 0.717) is 6.61 Å². The average Bonchev–Trinajstić information content (AvgIpc) is 2.77. The van der Waals surface area contributed by atoms with Crippen LogP contribution in [0.2, 0.25) is 0 Å². The number of rotatable bonds is 13. The Hall–Kier alpha value is -1.26. The SMILES string of the molecule is CC(OCCCCCCCCCCN1CCCCC1)C1COc2ccccc2O1. The summed E-state index contributed by atoms with van der Waals surface area (Å²) >= 11 is 0. The maximum atomic E-state index is 6.02. The predicted octanol–water partition coefficient (Wildman–Crippen LogP) is 5.84. The highest BCUT2D eigenvalue weighted by atomic mass is 16.6. The minimum absolute atomic E-state index is 0.0187. The molecule has 2 unspecified atom stereocenters. The van der Waals surface area contributed by atoms with Crippen molar-refractivity contribution in [1.82, 2.24) is 4.90 Å². The number of likely N-dealkylation sites (tertiary alicyclic amines) is 1. The van der Waals surface area contributed by atoms with Crippen LogP contribution in [0.4, 0.5) is 0 Å². The quantitative estimate of drug-likeness (QED) is 0.387. The van der Waals surface area contributed by atoms with E-state index in [0.717, 1.165) is 24.5 Å². The molecule has 4 nitrogen and oxygen atoms in total. The fraction of sp³-hybridized carbons (Fsp3) is 0.760. The van der Waals surface area contributed by atoms with E-state index in [2.05, 4.69) is 11.8 Å². The van der Waals surface area contributed by atoms with E-state index >= 15 is 0 Å². The molecule has 0 N–H and O–H groups in total. The zero-order chi connectivity index (χ0) is 20.2. The third-order valence-corrected chi connectivity index (χ3v) is 6.25. The third-order valence-electron chi connectivity index (χ3n) is 6.25. The summed E-state index contributed by atoms with van der Waals surface area (Å²) < 4.78 is 17.8. The first-order valence-electron chi connectivity index (χ1n) is 12.1. The van der Waals surface area contributed by atoms with Gasteiger partial charge in [0, 0.05) is 6.61 Å². The highest BCUT2D eigenvalue weighted by Gasteiger charge is 2.26. The molecule has 3 rings (SSSR count). The normalized spacial score (nSPS) is 20.5. The summed E-state index contributed by atoms with van der Waals surface area (Å²) in [6, 6.07) is 7.86. The second-order valence-electron chi connectivity index (χ2n) is 8.72. The van der Waals surface area contributed by atoms with Crippen LogP contribution < -0.4 is 9.47 Å². The highest BCUT2D eigenvalue weighted by molar-refractivity contribution is 5.40. The van der Waals surface area contributed by atoms with Gasteiger partial charge in [0.1, 0.15) is 6.61 Å². The summed E-state index contributed by atoms with van der Waals surface area (Å²) in [4.78, 5) is 2.66. The lowest BCUT2D eigenvalue weighted by atomic mass is 10.1. The maximum Gasteiger partial charge on any atom is 0.161 e. The van der Waals surface area contributed by atoms with Crippen molar-refractivity contribution in [2.75, 3.05) is 32.8 Å². The number of hydrogen-bond acceptors (Lipinski definition) is 4. The van der Waals surface area contributed by atoms with E-state index in [4.69, 9.17) is 14.2 Å². The van der Waals surface area contributed by atoms with Gasteiger partial charge in [-0.05, 0) is 64.4 Å². The number of piperidine rings is 1. The number of unbranched alkanes of at least 4 members (excludes halogenated alkanes) is 7. The summed E-state index contributed by atoms with van der Waals surface area (Å²) in [6.07, 6.45) is 15.0. The van der Waals surface area contributed by atoms with Crippen LogP contribution >= 0.6 is 0 Å². The lowest BCUT2D eigenvalue weighted by Gasteiger charge is -2.30. The third kappa shape index (κ3) is 8.18. The molecule has 2 aliphatic rings. The van der Waals surface area contributed by atoms with E-state index in [1.807, 2.05) is 24.3 Å². The summed E-state index contributed by atoms with van der Waals surface area (Å²) in [6.45, 7) is 7.49. The van der Waals surface area contributed by atoms with Crippen molar-refractivity contribution in [2.24, 2.45) is 0 Å². The Kier molecular flexibility index (Phi) is 10.1. The Labute approximate surface area is 177 Å². The second-order valence-corrected chi connectivity index (χ2v) is 8.72. The fourth-order valence-electron chi connectivity index (χ4n) is 4.32. The zero-order valence-corrected chi connectivity index (χ0v) is 18.4. The maximum absolute atomic E-state index is 6.02. The van der Waals surface area contributed by atoms with Gasteiger partial charge in [-0.15, -0.1) is 0 Å². The molecule has 0 aromatic heterocycles. The monoisotopic (exact) mass is 403 g/mol. The molecule has 2 aliphatic heterocycles. The van der Waals surface area contributed by atoms with Crippen LogP contribution in [0.25, 0.3) is 0 Å². The number of benzene rings is 1. The van der Waals surface area contributed by atoms with Gasteiger partial charge in [-0.25, -0.2) is 0 Å². The Balaban J connectivity index is 1.12. The molecular formula is C25H41NO3. The van der Waals surface area contributed by atoms with Crippen molar-refractivity contribution in [1.29, 1.82) is 0 Å². The lowest BCUT2D eigenvalue weighted by Crippen LogP contribution is -2.39. The molecule has 0 bridgehead atoms. The predicted molar refractivity (Wildman–Crippen MR) is 119 cm³/mol. The Morgan fingerprint density at radius 2 is 1.55 bits per heavy atom. The molecule has 164 valence electrons. The van der Waals surface area contributed by atoms with Crippen LogP contribution in [0.1, 0.15) is 77.6 Å². The van der Waals surface area contributed by atoms with Crippen molar-refractivity contribution >= 4 is 0 Å². The Bertz CT molecular complexity index is 559. The molecule has 29 heavy (non-hydrogen) atoms. The molecule has 1 fully saturated rings. The van der Waals surface area contributed by atoms with Gasteiger partial charge in [0.2, 0.25) is 0 Å². The Morgan fingerprint density at radius 3 is 2.31 bits per heavy atom. The zero-order valence-electron chi connectivity index (χ0n) is 18.4. The first-order chi connectivity index (χ1) is 14.3. The molecule has 1 aromatic carbocycles. The molecule has 0 spiro atoms. The van der Waals surface area contributed by atoms with Gasteiger partial charge < -0.3 is 19.1 Å². The van der Waals surface area contributed by atoms with E-state index in [1.54, 1.807) is 0 Å². The summed E-state index contributed by atoms with van der Waals surface area (Å²) in [5.41, 5.74) is 0. The molecular weight excluding hydrogens is 362 g/mol. The van der Waals surface area contributed by atoms with Gasteiger partial charge in [0.25, 0.3) is 0 Å². The second kappa shape index (κ2) is 13.1. The van der Waals surface area contributed by atoms with Gasteiger partial charge in [-0.2, -0.15) is 0 Å². The molecule has 1 aromatic rings. The Morgan fingerprint density at radius 1 is 0.897 bits per heavy atom. The number of para-hydroxylation sites is 2. The molecule has 0 amide bonds. The van der Waals surface area contributed by atoms with Crippen LogP contribution in [-0.4, -0.2) is 50.0 Å². The van der Waals surface area contributed by atoms with Crippen LogP contribution in [0.5, 0.6) is 11.5 Å². The summed E-state index contributed by atoms with van der Waals surface area (Å²) in [5.74, 6) is 1.66. The number of hydrogen-bond donors (Lipinski definition) is 0. The van der Waals surface area contributed by atoms with Crippen LogP contribution in [0, 0.1) is 0 Å². The largest absolute Gasteiger partial charge is 0.486 e. The van der Waals surface area contributed by atoms with Crippen LogP contribution in [0.3, 0.4) is 0 Å². The van der Waals surface area contributed by atoms with Gasteiger partial charge in [-0.3, -0.25) is 0 Å². The van der Waals surface area contributed by atoms with E-state index in [-0.39, 0.29) is 12.2 Å². The molecule has 2 heterocycles. The minimum atomic E-state index is -0.0187. The summed E-state index contributed by atoms with van der Waals surface area (Å²) in [7, 11) is 0. The minimum Gasteiger partial charge on any atom is -0.486 e. The molecule has 0 saturated carbocycles. The molecule has 1 saturated heterocycles. The standard InChI is InChI=1S/C25H41NO3/c1-22(25-21-28-23-15-9-10-16-24(23)29-25)27-20-14-7-5-3-2-4-6-11-17-26-18-12-8-13-19-26/h9-10,15-16,22,25H,2-8,11-14,17-21H2,1H3. The van der Waals surface area contributed by atoms with Crippen LogP contribution in [-0.2, 0) is 4.74 Å². The molecule has 4 heteroatoms. The van der Waals surface area contributed by atoms with Crippen molar-refractivity contribution < 1.29 is 14.2 Å². The topological polar surface area (TPSA) is 30.9 Å². The van der Waals surface area contributed by atoms with Crippen molar-refractivity contribution in [3.63, 3.8) is 0 Å². The van der Waals surface area contributed by atoms with Gasteiger partial charge >= 0.3 is 0 Å². The van der Waals surface area contributed by atoms with E-state index < -0.39 is 0 Å². The molecule has 2 atom stereocenters. The number of fused-ring (bicyclic) bond motifs is 1. The van der Waals surface area contributed by atoms with Gasteiger partial charge in [0.05, 0.1) is 6.10 Å². The smallest absolute Gasteiger partial charge is 0.161 e. The highest BCUT2D eigenvalue weighted by Crippen LogP contribution is 2.32. The van der Waals surface area contributed by atoms with E-state index in [1.165, 1.54) is 83.8 Å². The first-order valence-corrected chi connectivity index (χ1v) is 12.1. The fourth-order valence-corrected chi connectivity index (χ4v) is 4.32.